The lowest BCUT2D eigenvalue weighted by atomic mass is 9.74. The van der Waals surface area contributed by atoms with E-state index in [0.29, 0.717) is 37.0 Å². The van der Waals surface area contributed by atoms with E-state index in [4.69, 9.17) is 23.7 Å². The minimum Gasteiger partial charge on any atom is -0.488 e. The van der Waals surface area contributed by atoms with Gasteiger partial charge in [0.05, 0.1) is 5.56 Å². The molecular weight excluding hydrogens is 722 g/mol. The number of benzene rings is 2. The van der Waals surface area contributed by atoms with Crippen molar-refractivity contribution in [2.24, 2.45) is 17.8 Å². The number of esters is 4. The second kappa shape index (κ2) is 19.2. The number of halogens is 2. The Hall–Kier alpha value is -5.06. The lowest BCUT2D eigenvalue weighted by Crippen LogP contribution is -2.37. The van der Waals surface area contributed by atoms with E-state index in [1.54, 1.807) is 12.1 Å². The van der Waals surface area contributed by atoms with Crippen LogP contribution in [0, 0.1) is 23.6 Å². The van der Waals surface area contributed by atoms with Crippen LogP contribution in [0.25, 0.3) is 0 Å². The molecule has 6 atom stereocenters. The smallest absolute Gasteiger partial charge is 0.346 e. The molecule has 1 aliphatic rings. The molecule has 5 unspecified atom stereocenters. The third kappa shape index (κ3) is 12.2. The molecule has 11 heteroatoms. The Labute approximate surface area is 329 Å². The van der Waals surface area contributed by atoms with Crippen LogP contribution < -0.4 is 9.47 Å². The van der Waals surface area contributed by atoms with Crippen LogP contribution >= 0.6 is 0 Å². The van der Waals surface area contributed by atoms with E-state index in [0.717, 1.165) is 12.2 Å². The van der Waals surface area contributed by atoms with Gasteiger partial charge in [-0.25, -0.2) is 23.2 Å². The average Bonchev–Trinajstić information content (AvgIpc) is 3.14. The number of allylic oxidation sites excluding steroid dienone is 2. The first-order valence-corrected chi connectivity index (χ1v) is 19.0. The molecule has 0 heterocycles. The van der Waals surface area contributed by atoms with Gasteiger partial charge in [-0.15, -0.1) is 0 Å². The monoisotopic (exact) mass is 778 g/mol. The zero-order valence-electron chi connectivity index (χ0n) is 34.0. The summed E-state index contributed by atoms with van der Waals surface area (Å²) in [4.78, 5) is 49.5. The topological polar surface area (TPSA) is 114 Å². The third-order valence-electron chi connectivity index (χ3n) is 10.7. The van der Waals surface area contributed by atoms with Gasteiger partial charge < -0.3 is 23.7 Å². The van der Waals surface area contributed by atoms with Gasteiger partial charge in [0.2, 0.25) is 0 Å². The summed E-state index contributed by atoms with van der Waals surface area (Å²) in [6.07, 6.45) is 6.94. The summed E-state index contributed by atoms with van der Waals surface area (Å²) < 4.78 is 58.6. The number of rotatable bonds is 19. The van der Waals surface area contributed by atoms with E-state index in [1.165, 1.54) is 42.5 Å². The van der Waals surface area contributed by atoms with Crippen LogP contribution in [0.1, 0.15) is 110 Å². The maximum Gasteiger partial charge on any atom is 0.346 e. The number of hydrogen-bond donors (Lipinski definition) is 0. The standard InChI is InChI=1S/C45H56F2O9/c1-12-39(48)52-30(7)29(6)28(5)26-44(10,14-3)55-34-21-23-36(38(47)25-34)42(51)54-33-19-17-32(18-20-33)53-41(50)35-22-16-31(24-37(35)46)43(8,9)27-45(11,15-4)56-40(49)13-2/h12-13,16-22,24-25,28-30,36H,1-2,14-15,23,26-27H2,3-11H3/t28-,29?,30?,36?,44?,45?/m0/s1. The van der Waals surface area contributed by atoms with Crippen LogP contribution in [0.5, 0.6) is 11.5 Å². The molecule has 3 rings (SSSR count). The van der Waals surface area contributed by atoms with Crippen molar-refractivity contribution in [1.82, 2.24) is 0 Å². The molecule has 2 aromatic rings. The number of carbonyl (C=O) groups is 4. The van der Waals surface area contributed by atoms with Crippen LogP contribution in [0.3, 0.4) is 0 Å². The molecule has 0 aromatic heterocycles. The fraction of sp³-hybridized carbons (Fsp3) is 0.467. The van der Waals surface area contributed by atoms with E-state index in [1.807, 2.05) is 62.3 Å². The van der Waals surface area contributed by atoms with Crippen molar-refractivity contribution in [2.45, 2.75) is 117 Å². The predicted molar refractivity (Wildman–Crippen MR) is 210 cm³/mol. The largest absolute Gasteiger partial charge is 0.488 e. The quantitative estimate of drug-likeness (QED) is 0.0781. The van der Waals surface area contributed by atoms with Crippen molar-refractivity contribution in [3.8, 4) is 11.5 Å². The van der Waals surface area contributed by atoms with Crippen LogP contribution in [0.2, 0.25) is 0 Å². The maximum absolute atomic E-state index is 15.3. The van der Waals surface area contributed by atoms with Gasteiger partial charge in [0.1, 0.15) is 52.1 Å². The zero-order valence-corrected chi connectivity index (χ0v) is 34.0. The number of carbonyl (C=O) groups excluding carboxylic acids is 4. The second-order valence-electron chi connectivity index (χ2n) is 15.7. The second-order valence-corrected chi connectivity index (χ2v) is 15.7. The summed E-state index contributed by atoms with van der Waals surface area (Å²) in [6.45, 7) is 24.2. The molecule has 304 valence electrons. The van der Waals surface area contributed by atoms with Gasteiger partial charge in [0.15, 0.2) is 0 Å². The van der Waals surface area contributed by atoms with Crippen LogP contribution in [0.15, 0.2) is 91.5 Å². The molecule has 2 aromatic carbocycles. The van der Waals surface area contributed by atoms with Crippen molar-refractivity contribution in [1.29, 1.82) is 0 Å². The Morgan fingerprint density at radius 3 is 1.98 bits per heavy atom. The number of hydrogen-bond acceptors (Lipinski definition) is 9. The van der Waals surface area contributed by atoms with E-state index in [2.05, 4.69) is 13.2 Å². The fourth-order valence-electron chi connectivity index (χ4n) is 6.71. The van der Waals surface area contributed by atoms with Crippen LogP contribution in [-0.2, 0) is 34.0 Å². The van der Waals surface area contributed by atoms with E-state index >= 15 is 8.78 Å². The highest BCUT2D eigenvalue weighted by Gasteiger charge is 2.37. The molecule has 0 aliphatic heterocycles. The van der Waals surface area contributed by atoms with Gasteiger partial charge in [0.25, 0.3) is 0 Å². The number of ether oxygens (including phenoxy) is 5. The summed E-state index contributed by atoms with van der Waals surface area (Å²) in [7, 11) is 0. The van der Waals surface area contributed by atoms with Crippen molar-refractivity contribution < 1.29 is 51.6 Å². The summed E-state index contributed by atoms with van der Waals surface area (Å²) >= 11 is 0. The Balaban J connectivity index is 1.59. The van der Waals surface area contributed by atoms with Gasteiger partial charge in [-0.3, -0.25) is 4.79 Å². The molecule has 0 N–H and O–H groups in total. The minimum atomic E-state index is -1.18. The molecule has 9 nitrogen and oxygen atoms in total. The van der Waals surface area contributed by atoms with Crippen LogP contribution in [0.4, 0.5) is 8.78 Å². The summed E-state index contributed by atoms with van der Waals surface area (Å²) in [5, 5.41) is 0. The minimum absolute atomic E-state index is 0.0211. The van der Waals surface area contributed by atoms with Gasteiger partial charge in [-0.2, -0.15) is 0 Å². The highest BCUT2D eigenvalue weighted by Crippen LogP contribution is 2.38. The van der Waals surface area contributed by atoms with Gasteiger partial charge in [-0.05, 0) is 118 Å². The molecule has 0 fully saturated rings. The first-order valence-electron chi connectivity index (χ1n) is 19.0. The molecule has 0 amide bonds. The summed E-state index contributed by atoms with van der Waals surface area (Å²) in [5.41, 5.74) is -1.76. The van der Waals surface area contributed by atoms with Crippen molar-refractivity contribution >= 4 is 23.9 Å². The maximum atomic E-state index is 15.3. The fourth-order valence-corrected chi connectivity index (χ4v) is 6.71. The molecule has 0 saturated carbocycles. The zero-order chi connectivity index (χ0) is 42.0. The van der Waals surface area contributed by atoms with E-state index in [-0.39, 0.29) is 41.4 Å². The highest BCUT2D eigenvalue weighted by molar-refractivity contribution is 5.91. The summed E-state index contributed by atoms with van der Waals surface area (Å²) in [5.74, 6) is -4.82. The Morgan fingerprint density at radius 2 is 1.45 bits per heavy atom. The Bertz CT molecular complexity index is 1830. The molecule has 56 heavy (non-hydrogen) atoms. The van der Waals surface area contributed by atoms with Crippen molar-refractivity contribution in [3.63, 3.8) is 0 Å². The SMILES string of the molecule is C=CC(=O)OC(C)C(C)[C@@H](C)CC(C)(CC)OC1=CCC(C(=O)Oc2ccc(OC(=O)c3ccc(C(C)(C)CC(C)(CC)OC(=O)C=C)cc3F)cc2)C(F)=C1. The lowest BCUT2D eigenvalue weighted by Gasteiger charge is -2.37. The molecule has 0 radical (unpaired) electrons. The first-order chi connectivity index (χ1) is 26.2. The average molecular weight is 779 g/mol. The Kier molecular flexibility index (Phi) is 15.5. The predicted octanol–water partition coefficient (Wildman–Crippen LogP) is 10.2. The van der Waals surface area contributed by atoms with Crippen molar-refractivity contribution in [3.05, 3.63) is 108 Å². The molecular formula is C45H56F2O9. The molecule has 0 saturated heterocycles. The van der Waals surface area contributed by atoms with Gasteiger partial charge >= 0.3 is 23.9 Å². The molecule has 1 aliphatic carbocycles. The summed E-state index contributed by atoms with van der Waals surface area (Å²) in [6, 6.07) is 9.77. The van der Waals surface area contributed by atoms with Gasteiger partial charge in [-0.1, -0.05) is 60.8 Å². The van der Waals surface area contributed by atoms with E-state index in [9.17, 15) is 19.2 Å². The van der Waals surface area contributed by atoms with Gasteiger partial charge in [0, 0.05) is 18.2 Å². The molecule has 0 bridgehead atoms. The third-order valence-corrected chi connectivity index (χ3v) is 10.7. The highest BCUT2D eigenvalue weighted by atomic mass is 19.1. The normalized spacial score (nSPS) is 17.9. The van der Waals surface area contributed by atoms with Crippen LogP contribution in [-0.4, -0.2) is 41.2 Å². The Morgan fingerprint density at radius 1 is 0.857 bits per heavy atom. The van der Waals surface area contributed by atoms with Crippen molar-refractivity contribution in [2.75, 3.05) is 0 Å². The van der Waals surface area contributed by atoms with E-state index < -0.39 is 58.1 Å². The first kappa shape index (κ1) is 45.3. The molecule has 0 spiro atoms. The lowest BCUT2D eigenvalue weighted by molar-refractivity contribution is -0.154.